The van der Waals surface area contributed by atoms with Crippen LogP contribution in [0.15, 0.2) is 0 Å². The number of hydrogen-bond donors (Lipinski definition) is 0. The lowest BCUT2D eigenvalue weighted by Crippen LogP contribution is -2.28. The Kier molecular flexibility index (Phi) is 2.48. The Bertz CT molecular complexity index is 164. The van der Waals surface area contributed by atoms with Gasteiger partial charge in [-0.2, -0.15) is 0 Å². The van der Waals surface area contributed by atoms with E-state index in [-0.39, 0.29) is 0 Å². The van der Waals surface area contributed by atoms with Crippen LogP contribution in [0, 0.1) is 17.8 Å². The van der Waals surface area contributed by atoms with Gasteiger partial charge in [0.2, 0.25) is 0 Å². The van der Waals surface area contributed by atoms with Gasteiger partial charge in [0.15, 0.2) is 0 Å². The quantitative estimate of drug-likeness (QED) is 0.547. The first-order valence-corrected chi connectivity index (χ1v) is 5.35. The van der Waals surface area contributed by atoms with Crippen molar-refractivity contribution in [3.63, 3.8) is 0 Å². The summed E-state index contributed by atoms with van der Waals surface area (Å²) in [6.45, 7) is 0. The molecule has 0 saturated heterocycles. The zero-order valence-corrected chi connectivity index (χ0v) is 7.67. The molecular weight excluding hydrogens is 148 g/mol. The third kappa shape index (κ3) is 1.55. The first-order chi connectivity index (χ1) is 5.90. The Morgan fingerprint density at radius 1 is 0.917 bits per heavy atom. The number of aldehydes is 1. The molecule has 2 rings (SSSR count). The highest BCUT2D eigenvalue weighted by molar-refractivity contribution is 5.53. The molecule has 0 aliphatic heterocycles. The van der Waals surface area contributed by atoms with E-state index in [9.17, 15) is 4.79 Å². The lowest BCUT2D eigenvalue weighted by Gasteiger charge is -2.37. The second-order valence-electron chi connectivity index (χ2n) is 4.51. The van der Waals surface area contributed by atoms with E-state index in [1.165, 1.54) is 51.2 Å². The highest BCUT2D eigenvalue weighted by Gasteiger charge is 2.31. The molecule has 1 nitrogen and oxygen atoms in total. The molecule has 1 unspecified atom stereocenters. The molecule has 0 aromatic carbocycles. The molecule has 0 aromatic heterocycles. The maximum atomic E-state index is 10.6. The smallest absolute Gasteiger partial charge is 0.123 e. The summed E-state index contributed by atoms with van der Waals surface area (Å²) in [7, 11) is 0. The van der Waals surface area contributed by atoms with E-state index in [0.717, 1.165) is 11.8 Å². The molecular formula is C11H18O. The highest BCUT2D eigenvalue weighted by atomic mass is 16.1. The summed E-state index contributed by atoms with van der Waals surface area (Å²) in [5, 5.41) is 0. The van der Waals surface area contributed by atoms with Crippen LogP contribution >= 0.6 is 0 Å². The first kappa shape index (κ1) is 8.28. The van der Waals surface area contributed by atoms with E-state index in [0.29, 0.717) is 5.92 Å². The van der Waals surface area contributed by atoms with Gasteiger partial charge in [-0.3, -0.25) is 0 Å². The molecule has 2 fully saturated rings. The van der Waals surface area contributed by atoms with Crippen LogP contribution in [-0.2, 0) is 4.79 Å². The predicted octanol–water partition coefficient (Wildman–Crippen LogP) is 2.79. The van der Waals surface area contributed by atoms with E-state index < -0.39 is 0 Å². The summed E-state index contributed by atoms with van der Waals surface area (Å²) >= 11 is 0. The summed E-state index contributed by atoms with van der Waals surface area (Å²) in [6, 6.07) is 0. The molecule has 0 radical (unpaired) electrons. The Hall–Kier alpha value is -0.330. The predicted molar refractivity (Wildman–Crippen MR) is 48.9 cm³/mol. The summed E-state index contributed by atoms with van der Waals surface area (Å²) < 4.78 is 0. The summed E-state index contributed by atoms with van der Waals surface area (Å²) in [6.07, 6.45) is 10.6. The summed E-state index contributed by atoms with van der Waals surface area (Å²) in [5.74, 6) is 2.29. The van der Waals surface area contributed by atoms with Crippen LogP contribution in [0.25, 0.3) is 0 Å². The summed E-state index contributed by atoms with van der Waals surface area (Å²) in [4.78, 5) is 10.6. The molecule has 2 saturated carbocycles. The summed E-state index contributed by atoms with van der Waals surface area (Å²) in [5.41, 5.74) is 0. The molecule has 12 heavy (non-hydrogen) atoms. The third-order valence-electron chi connectivity index (χ3n) is 3.77. The maximum Gasteiger partial charge on any atom is 0.123 e. The van der Waals surface area contributed by atoms with Gasteiger partial charge in [0.25, 0.3) is 0 Å². The second-order valence-corrected chi connectivity index (χ2v) is 4.51. The number of carbonyl (C=O) groups excluding carboxylic acids is 1. The van der Waals surface area contributed by atoms with Gasteiger partial charge in [0.1, 0.15) is 6.29 Å². The van der Waals surface area contributed by atoms with E-state index in [4.69, 9.17) is 0 Å². The van der Waals surface area contributed by atoms with E-state index in [2.05, 4.69) is 0 Å². The molecule has 2 aliphatic rings. The number of hydrogen-bond acceptors (Lipinski definition) is 1. The van der Waals surface area contributed by atoms with Crippen LogP contribution in [0.2, 0.25) is 0 Å². The van der Waals surface area contributed by atoms with Crippen LogP contribution in [-0.4, -0.2) is 6.29 Å². The Balaban J connectivity index is 1.93. The van der Waals surface area contributed by atoms with Crippen molar-refractivity contribution in [1.29, 1.82) is 0 Å². The van der Waals surface area contributed by atoms with Crippen LogP contribution in [0.3, 0.4) is 0 Å². The molecule has 2 aliphatic carbocycles. The largest absolute Gasteiger partial charge is 0.303 e. The van der Waals surface area contributed by atoms with E-state index in [1.807, 2.05) is 0 Å². The van der Waals surface area contributed by atoms with Crippen molar-refractivity contribution in [2.24, 2.45) is 17.8 Å². The molecule has 0 amide bonds. The molecule has 0 aromatic rings. The number of fused-ring (bicyclic) bond motifs is 1. The van der Waals surface area contributed by atoms with Crippen molar-refractivity contribution in [3.05, 3.63) is 0 Å². The molecule has 68 valence electrons. The topological polar surface area (TPSA) is 17.1 Å². The molecule has 0 bridgehead atoms. The zero-order valence-electron chi connectivity index (χ0n) is 7.67. The minimum Gasteiger partial charge on any atom is -0.303 e. The Morgan fingerprint density at radius 3 is 2.42 bits per heavy atom. The molecule has 0 spiro atoms. The van der Waals surface area contributed by atoms with Crippen LogP contribution < -0.4 is 0 Å². The van der Waals surface area contributed by atoms with Crippen molar-refractivity contribution >= 4 is 6.29 Å². The standard InChI is InChI=1S/C11H18O/c12-8-9-5-6-10-3-1-2-4-11(10)7-9/h8-11H,1-7H2/t9?,10-,11+/m0/s1. The SMILES string of the molecule is O=CC1CC[C@@H]2CCCC[C@@H]2C1. The molecule has 0 N–H and O–H groups in total. The average Bonchev–Trinajstić information content (AvgIpc) is 2.17. The van der Waals surface area contributed by atoms with Gasteiger partial charge in [-0.25, -0.2) is 0 Å². The van der Waals surface area contributed by atoms with Gasteiger partial charge >= 0.3 is 0 Å². The van der Waals surface area contributed by atoms with Gasteiger partial charge in [0.05, 0.1) is 0 Å². The highest BCUT2D eigenvalue weighted by Crippen LogP contribution is 2.41. The fraction of sp³-hybridized carbons (Fsp3) is 0.909. The third-order valence-corrected chi connectivity index (χ3v) is 3.77. The average molecular weight is 166 g/mol. The Morgan fingerprint density at radius 2 is 1.67 bits per heavy atom. The molecule has 3 atom stereocenters. The van der Waals surface area contributed by atoms with E-state index >= 15 is 0 Å². The first-order valence-electron chi connectivity index (χ1n) is 5.35. The Labute approximate surface area is 74.5 Å². The van der Waals surface area contributed by atoms with Gasteiger partial charge < -0.3 is 4.79 Å². The maximum absolute atomic E-state index is 10.6. The fourth-order valence-electron chi connectivity index (χ4n) is 3.03. The van der Waals surface area contributed by atoms with Gasteiger partial charge in [-0.05, 0) is 31.1 Å². The van der Waals surface area contributed by atoms with Crippen molar-refractivity contribution in [3.8, 4) is 0 Å². The van der Waals surface area contributed by atoms with Gasteiger partial charge in [0, 0.05) is 5.92 Å². The van der Waals surface area contributed by atoms with Crippen molar-refractivity contribution in [2.45, 2.75) is 44.9 Å². The number of carbonyl (C=O) groups is 1. The minimum atomic E-state index is 0.407. The van der Waals surface area contributed by atoms with Gasteiger partial charge in [-0.15, -0.1) is 0 Å². The van der Waals surface area contributed by atoms with Crippen LogP contribution in [0.1, 0.15) is 44.9 Å². The number of rotatable bonds is 1. The van der Waals surface area contributed by atoms with Gasteiger partial charge in [-0.1, -0.05) is 25.7 Å². The monoisotopic (exact) mass is 166 g/mol. The molecule has 0 heterocycles. The normalized spacial score (nSPS) is 41.8. The van der Waals surface area contributed by atoms with Crippen LogP contribution in [0.5, 0.6) is 0 Å². The lowest BCUT2D eigenvalue weighted by molar-refractivity contribution is -0.113. The van der Waals surface area contributed by atoms with Crippen molar-refractivity contribution in [2.75, 3.05) is 0 Å². The van der Waals surface area contributed by atoms with Crippen LogP contribution in [0.4, 0.5) is 0 Å². The van der Waals surface area contributed by atoms with Crippen molar-refractivity contribution in [1.82, 2.24) is 0 Å². The van der Waals surface area contributed by atoms with E-state index in [1.54, 1.807) is 0 Å². The minimum absolute atomic E-state index is 0.407. The fourth-order valence-corrected chi connectivity index (χ4v) is 3.03. The zero-order chi connectivity index (χ0) is 8.39. The molecule has 1 heteroatoms. The van der Waals surface area contributed by atoms with Crippen molar-refractivity contribution < 1.29 is 4.79 Å². The second kappa shape index (κ2) is 3.59. The lowest BCUT2D eigenvalue weighted by atomic mass is 9.68.